The Hall–Kier alpha value is -1.68. The third-order valence-electron chi connectivity index (χ3n) is 11.1. The van der Waals surface area contributed by atoms with E-state index in [2.05, 4.69) is 85.0 Å². The number of carboxylic acids is 1. The molecule has 1 unspecified atom stereocenters. The molecule has 0 saturated heterocycles. The van der Waals surface area contributed by atoms with E-state index in [1.807, 2.05) is 20.9 Å². The maximum absolute atomic E-state index is 11.7. The number of carbonyl (C=O) groups is 3. The van der Waals surface area contributed by atoms with Crippen molar-refractivity contribution in [3.63, 3.8) is 0 Å². The number of carboxylic acid groups (broad SMARTS) is 1. The van der Waals surface area contributed by atoms with E-state index in [4.69, 9.17) is 24.0 Å². The number of hydrogen-bond acceptors (Lipinski definition) is 9. The fraction of sp³-hybridized carbons (Fsp3) is 0.885. The maximum atomic E-state index is 11.7. The molecule has 0 bridgehead atoms. The minimum atomic E-state index is -1.83. The van der Waals surface area contributed by atoms with Crippen molar-refractivity contribution in [1.82, 2.24) is 5.32 Å². The molecule has 10 nitrogen and oxygen atoms in total. The van der Waals surface area contributed by atoms with Gasteiger partial charge in [0.1, 0.15) is 6.29 Å². The van der Waals surface area contributed by atoms with Crippen LogP contribution in [0.1, 0.15) is 300 Å². The van der Waals surface area contributed by atoms with Gasteiger partial charge in [0.15, 0.2) is 0 Å². The second kappa shape index (κ2) is 80.7. The van der Waals surface area contributed by atoms with E-state index in [0.29, 0.717) is 58.2 Å². The Balaban J connectivity index is -0.000000224. The SMILES string of the molecule is CC.CC(C)CCO.CCCC(C)C.CCCCCC=O.CCCCCCCC/C=C\CCCCCCCC(=O)O.CCCCCCCC/C=C\CCCCCCCC(=O)OCCCOP(O)OCCNC. The monoisotopic (exact) mass is 1050 g/mol. The number of aliphatic hydroxyl groups excluding tert-OH is 1. The summed E-state index contributed by atoms with van der Waals surface area (Å²) in [5, 5.41) is 19.7. The highest BCUT2D eigenvalue weighted by Gasteiger charge is 2.07. The molecule has 0 aromatic carbocycles. The van der Waals surface area contributed by atoms with Crippen LogP contribution in [0, 0.1) is 11.8 Å². The third-order valence-corrected chi connectivity index (χ3v) is 11.9. The molecule has 1 atom stereocenters. The molecule has 72 heavy (non-hydrogen) atoms. The van der Waals surface area contributed by atoms with Crippen LogP contribution in [-0.4, -0.2) is 73.4 Å². The van der Waals surface area contributed by atoms with Crippen molar-refractivity contribution in [2.45, 2.75) is 300 Å². The van der Waals surface area contributed by atoms with Crippen LogP contribution in [0.2, 0.25) is 0 Å². The Bertz CT molecular complexity index is 1020. The molecule has 0 aliphatic carbocycles. The summed E-state index contributed by atoms with van der Waals surface area (Å²) in [5.41, 5.74) is 0. The summed E-state index contributed by atoms with van der Waals surface area (Å²) in [7, 11) is -0.0198. The first-order valence-corrected chi connectivity index (χ1v) is 31.2. The molecular formula is C61H126NO9P. The lowest BCUT2D eigenvalue weighted by Gasteiger charge is -2.10. The van der Waals surface area contributed by atoms with Gasteiger partial charge in [0, 0.05) is 38.8 Å². The van der Waals surface area contributed by atoms with Gasteiger partial charge in [0.05, 0.1) is 19.8 Å². The van der Waals surface area contributed by atoms with Crippen molar-refractivity contribution in [3.05, 3.63) is 24.3 Å². The second-order valence-electron chi connectivity index (χ2n) is 19.4. The average molecular weight is 1050 g/mol. The van der Waals surface area contributed by atoms with Gasteiger partial charge in [0.25, 0.3) is 0 Å². The topological polar surface area (TPSA) is 152 Å². The number of esters is 1. The van der Waals surface area contributed by atoms with Crippen molar-refractivity contribution in [3.8, 4) is 0 Å². The first-order valence-electron chi connectivity index (χ1n) is 30.0. The number of aliphatic carboxylic acids is 1. The van der Waals surface area contributed by atoms with Gasteiger partial charge in [-0.3, -0.25) is 9.59 Å². The predicted molar refractivity (Wildman–Crippen MR) is 315 cm³/mol. The zero-order valence-corrected chi connectivity index (χ0v) is 50.7. The maximum Gasteiger partial charge on any atom is 0.329 e. The fourth-order valence-corrected chi connectivity index (χ4v) is 7.33. The number of aliphatic hydroxyl groups is 1. The first kappa shape index (κ1) is 81.7. The number of likely N-dealkylation sites (N-methyl/N-ethyl adjacent to an activating group) is 1. The Kier molecular flexibility index (Phi) is 91.5. The van der Waals surface area contributed by atoms with Crippen LogP contribution in [0.3, 0.4) is 0 Å². The summed E-state index contributed by atoms with van der Waals surface area (Å²) in [4.78, 5) is 41.2. The molecule has 434 valence electrons. The smallest absolute Gasteiger partial charge is 0.329 e. The zero-order valence-electron chi connectivity index (χ0n) is 49.8. The largest absolute Gasteiger partial charge is 0.481 e. The lowest BCUT2D eigenvalue weighted by atomic mass is 10.1. The number of rotatable bonds is 47. The number of aldehydes is 1. The Morgan fingerprint density at radius 2 is 0.875 bits per heavy atom. The Labute approximate surface area is 450 Å². The van der Waals surface area contributed by atoms with E-state index >= 15 is 0 Å². The van der Waals surface area contributed by atoms with Crippen LogP contribution in [0.4, 0.5) is 0 Å². The van der Waals surface area contributed by atoms with E-state index < -0.39 is 14.6 Å². The van der Waals surface area contributed by atoms with Crippen molar-refractivity contribution < 1.29 is 43.3 Å². The molecule has 0 saturated carbocycles. The summed E-state index contributed by atoms with van der Waals surface area (Å²) in [6, 6.07) is 0. The van der Waals surface area contributed by atoms with Crippen molar-refractivity contribution in [2.75, 3.05) is 40.0 Å². The normalized spacial score (nSPS) is 11.1. The van der Waals surface area contributed by atoms with Crippen molar-refractivity contribution in [1.29, 1.82) is 0 Å². The zero-order chi connectivity index (χ0) is 55.2. The van der Waals surface area contributed by atoms with Crippen LogP contribution in [-0.2, 0) is 28.2 Å². The molecule has 0 aliphatic heterocycles. The summed E-state index contributed by atoms with van der Waals surface area (Å²) in [5.74, 6) is 0.738. The van der Waals surface area contributed by atoms with E-state index in [0.717, 1.165) is 57.1 Å². The van der Waals surface area contributed by atoms with Gasteiger partial charge in [-0.05, 0) is 95.9 Å². The van der Waals surface area contributed by atoms with Gasteiger partial charge in [-0.15, -0.1) is 0 Å². The highest BCUT2D eigenvalue weighted by Crippen LogP contribution is 2.32. The predicted octanol–water partition coefficient (Wildman–Crippen LogP) is 18.8. The summed E-state index contributed by atoms with van der Waals surface area (Å²) >= 11 is 0. The second-order valence-corrected chi connectivity index (χ2v) is 20.4. The van der Waals surface area contributed by atoms with Crippen LogP contribution < -0.4 is 5.32 Å². The number of ether oxygens (including phenoxy) is 1. The fourth-order valence-electron chi connectivity index (χ4n) is 6.72. The molecule has 0 radical (unpaired) electrons. The van der Waals surface area contributed by atoms with Crippen LogP contribution in [0.5, 0.6) is 0 Å². The van der Waals surface area contributed by atoms with Gasteiger partial charge >= 0.3 is 20.5 Å². The van der Waals surface area contributed by atoms with Gasteiger partial charge in [-0.25, -0.2) is 0 Å². The Morgan fingerprint density at radius 1 is 0.500 bits per heavy atom. The molecule has 0 aliphatic rings. The van der Waals surface area contributed by atoms with Crippen molar-refractivity contribution >= 4 is 26.8 Å². The Morgan fingerprint density at radius 3 is 1.22 bits per heavy atom. The lowest BCUT2D eigenvalue weighted by molar-refractivity contribution is -0.144. The van der Waals surface area contributed by atoms with Gasteiger partial charge in [0.2, 0.25) is 0 Å². The van der Waals surface area contributed by atoms with Gasteiger partial charge in [-0.1, -0.05) is 222 Å². The molecule has 0 spiro atoms. The van der Waals surface area contributed by atoms with Crippen LogP contribution in [0.15, 0.2) is 24.3 Å². The molecule has 0 aromatic heterocycles. The molecule has 0 heterocycles. The number of allylic oxidation sites excluding steroid dienone is 4. The number of carbonyl (C=O) groups excluding carboxylic acids is 2. The molecule has 0 amide bonds. The minimum Gasteiger partial charge on any atom is -0.481 e. The standard InChI is InChI=1S/C24H48NO5P.C18H34O2.C6H12O.C6H14.C5H12O.C2H6/c1-3-4-5-6-7-8-9-10-11-12-13-14-15-16-17-19-24(26)28-21-18-22-29-31(27)30-23-20-25-2;1-2-3-4-5-6-7-8-9-10-11-12-13-14-15-16-17-18(19)20;1-2-3-4-5-6-7;1-4-5-6(2)3;1-5(2)3-4-6;1-2/h10-11,25,27H,3-9,12-23H2,1-2H3;9-10H,2-8,11-17H2,1H3,(H,19,20);6H,2-5H2,1H3;6H,4-5H2,1-3H3;5-6H,3-4H2,1-2H3;1-2H3/b11-10-;10-9-;;;;. The molecule has 0 aromatic rings. The molecule has 0 rings (SSSR count). The highest BCUT2D eigenvalue weighted by molar-refractivity contribution is 7.40. The van der Waals surface area contributed by atoms with Gasteiger partial charge in [-0.2, -0.15) is 0 Å². The van der Waals surface area contributed by atoms with E-state index in [9.17, 15) is 19.3 Å². The summed E-state index contributed by atoms with van der Waals surface area (Å²) in [6.07, 6.45) is 52.0. The average Bonchev–Trinajstić information content (AvgIpc) is 3.35. The lowest BCUT2D eigenvalue weighted by Crippen LogP contribution is -2.13. The number of hydrogen-bond donors (Lipinski definition) is 4. The summed E-state index contributed by atoms with van der Waals surface area (Å²) in [6.45, 7) is 23.6. The third kappa shape index (κ3) is 101. The summed E-state index contributed by atoms with van der Waals surface area (Å²) < 4.78 is 15.4. The minimum absolute atomic E-state index is 0.144. The molecule has 4 N–H and O–H groups in total. The molecular weight excluding hydrogens is 922 g/mol. The van der Waals surface area contributed by atoms with E-state index in [-0.39, 0.29) is 5.97 Å². The number of unbranched alkanes of at least 4 members (excludes halogenated alkanes) is 25. The van der Waals surface area contributed by atoms with Gasteiger partial charge < -0.3 is 39.0 Å². The van der Waals surface area contributed by atoms with E-state index in [1.54, 1.807) is 0 Å². The molecule has 0 fully saturated rings. The first-order chi connectivity index (χ1) is 34.9. The quantitative estimate of drug-likeness (QED) is 0.0152. The number of nitrogens with one attached hydrogen (secondary N) is 1. The van der Waals surface area contributed by atoms with Crippen LogP contribution in [0.25, 0.3) is 0 Å². The van der Waals surface area contributed by atoms with E-state index in [1.165, 1.54) is 167 Å². The highest BCUT2D eigenvalue weighted by atomic mass is 31.2. The van der Waals surface area contributed by atoms with Crippen molar-refractivity contribution in [2.24, 2.45) is 11.8 Å². The van der Waals surface area contributed by atoms with Crippen LogP contribution >= 0.6 is 8.60 Å². The molecule has 11 heteroatoms.